The minimum absolute atomic E-state index is 0.0693. The van der Waals surface area contributed by atoms with Crippen molar-refractivity contribution < 1.29 is 14.7 Å². The minimum Gasteiger partial charge on any atom is -0.508 e. The molecule has 0 aromatic heterocycles. The maximum Gasteiger partial charge on any atom is 0.244 e. The fourth-order valence-corrected chi connectivity index (χ4v) is 1.85. The highest BCUT2D eigenvalue weighted by molar-refractivity contribution is 5.89. The van der Waals surface area contributed by atoms with Crippen LogP contribution in [0.5, 0.6) is 5.75 Å². The summed E-state index contributed by atoms with van der Waals surface area (Å²) in [6.07, 6.45) is 0.521. The van der Waals surface area contributed by atoms with Gasteiger partial charge in [-0.25, -0.2) is 0 Å². The Morgan fingerprint density at radius 1 is 1.25 bits per heavy atom. The number of primary amides is 1. The Labute approximate surface area is 118 Å². The van der Waals surface area contributed by atoms with Gasteiger partial charge in [-0.2, -0.15) is 0 Å². The Hall–Kier alpha value is -2.08. The zero-order chi connectivity index (χ0) is 15.3. The molecule has 0 aliphatic heterocycles. The van der Waals surface area contributed by atoms with Crippen LogP contribution < -0.4 is 16.8 Å². The van der Waals surface area contributed by atoms with E-state index in [0.717, 1.165) is 0 Å². The number of carbonyl (C=O) groups excluding carboxylic acids is 2. The summed E-state index contributed by atoms with van der Waals surface area (Å²) in [5.41, 5.74) is 11.6. The summed E-state index contributed by atoms with van der Waals surface area (Å²) >= 11 is 0. The molecule has 0 saturated carbocycles. The molecule has 0 radical (unpaired) electrons. The zero-order valence-corrected chi connectivity index (χ0v) is 11.7. The maximum atomic E-state index is 11.9. The van der Waals surface area contributed by atoms with Crippen molar-refractivity contribution >= 4 is 11.8 Å². The van der Waals surface area contributed by atoms with Crippen LogP contribution in [0, 0.1) is 5.92 Å². The average molecular weight is 279 g/mol. The first-order valence-corrected chi connectivity index (χ1v) is 6.45. The number of aromatic hydroxyl groups is 1. The van der Waals surface area contributed by atoms with Crippen LogP contribution in [-0.2, 0) is 9.59 Å². The van der Waals surface area contributed by atoms with Gasteiger partial charge in [-0.05, 0) is 30.0 Å². The molecule has 2 amide bonds. The number of rotatable bonds is 6. The van der Waals surface area contributed by atoms with Crippen LogP contribution in [0.1, 0.15) is 31.9 Å². The maximum absolute atomic E-state index is 11.9. The van der Waals surface area contributed by atoms with Gasteiger partial charge in [0.25, 0.3) is 0 Å². The number of hydrogen-bond acceptors (Lipinski definition) is 4. The molecule has 1 rings (SSSR count). The quantitative estimate of drug-likeness (QED) is 0.603. The SMILES string of the molecule is CC(C)C[C@H](N)C(=O)N[C@H](C(N)=O)c1ccc(O)cc1. The van der Waals surface area contributed by atoms with E-state index in [1.165, 1.54) is 24.3 Å². The molecule has 0 heterocycles. The summed E-state index contributed by atoms with van der Waals surface area (Å²) in [5, 5.41) is 11.8. The highest BCUT2D eigenvalue weighted by Crippen LogP contribution is 2.17. The second-order valence-electron chi connectivity index (χ2n) is 5.17. The number of phenolic OH excluding ortho intramolecular Hbond substituents is 1. The molecule has 6 nitrogen and oxygen atoms in total. The molecule has 110 valence electrons. The molecular formula is C14H21N3O3. The van der Waals surface area contributed by atoms with E-state index in [2.05, 4.69) is 5.32 Å². The van der Waals surface area contributed by atoms with E-state index in [0.29, 0.717) is 12.0 Å². The van der Waals surface area contributed by atoms with Crippen LogP contribution in [0.15, 0.2) is 24.3 Å². The minimum atomic E-state index is -0.957. The standard InChI is InChI=1S/C14H21N3O3/c1-8(2)7-11(15)14(20)17-12(13(16)19)9-3-5-10(18)6-4-9/h3-6,8,11-12,18H,7,15H2,1-2H3,(H2,16,19)(H,17,20)/t11-,12-/m0/s1. The molecule has 2 atom stereocenters. The second-order valence-corrected chi connectivity index (χ2v) is 5.17. The lowest BCUT2D eigenvalue weighted by Crippen LogP contribution is -2.46. The first-order chi connectivity index (χ1) is 9.31. The Bertz CT molecular complexity index is 471. The third kappa shape index (κ3) is 4.55. The van der Waals surface area contributed by atoms with Crippen LogP contribution >= 0.6 is 0 Å². The Balaban J connectivity index is 2.80. The number of nitrogens with two attached hydrogens (primary N) is 2. The van der Waals surface area contributed by atoms with E-state index in [1.807, 2.05) is 13.8 Å². The fraction of sp³-hybridized carbons (Fsp3) is 0.429. The van der Waals surface area contributed by atoms with Crippen LogP contribution in [0.3, 0.4) is 0 Å². The van der Waals surface area contributed by atoms with E-state index < -0.39 is 23.9 Å². The van der Waals surface area contributed by atoms with Gasteiger partial charge in [0.2, 0.25) is 11.8 Å². The van der Waals surface area contributed by atoms with Crippen molar-refractivity contribution in [3.63, 3.8) is 0 Å². The third-order valence-corrected chi connectivity index (χ3v) is 2.86. The predicted octanol–water partition coefficient (Wildman–Crippen LogP) is 0.408. The molecule has 0 bridgehead atoms. The van der Waals surface area contributed by atoms with Crippen LogP contribution in [-0.4, -0.2) is 23.0 Å². The van der Waals surface area contributed by atoms with Crippen molar-refractivity contribution in [3.05, 3.63) is 29.8 Å². The van der Waals surface area contributed by atoms with E-state index in [9.17, 15) is 14.7 Å². The monoisotopic (exact) mass is 279 g/mol. The normalized spacial score (nSPS) is 13.8. The van der Waals surface area contributed by atoms with E-state index in [-0.39, 0.29) is 11.7 Å². The zero-order valence-electron chi connectivity index (χ0n) is 11.7. The Morgan fingerprint density at radius 3 is 2.25 bits per heavy atom. The fourth-order valence-electron chi connectivity index (χ4n) is 1.85. The molecule has 0 saturated heterocycles. The first-order valence-electron chi connectivity index (χ1n) is 6.45. The number of amides is 2. The van der Waals surface area contributed by atoms with Crippen molar-refractivity contribution in [1.82, 2.24) is 5.32 Å². The van der Waals surface area contributed by atoms with E-state index in [4.69, 9.17) is 11.5 Å². The van der Waals surface area contributed by atoms with Crippen molar-refractivity contribution in [2.75, 3.05) is 0 Å². The molecule has 1 aromatic carbocycles. The molecule has 0 aliphatic rings. The largest absolute Gasteiger partial charge is 0.508 e. The van der Waals surface area contributed by atoms with Crippen molar-refractivity contribution in [3.8, 4) is 5.75 Å². The lowest BCUT2D eigenvalue weighted by Gasteiger charge is -2.19. The van der Waals surface area contributed by atoms with Gasteiger partial charge in [0, 0.05) is 0 Å². The van der Waals surface area contributed by atoms with Gasteiger partial charge in [-0.3, -0.25) is 9.59 Å². The topological polar surface area (TPSA) is 118 Å². The molecule has 6 heteroatoms. The number of nitrogens with one attached hydrogen (secondary N) is 1. The van der Waals surface area contributed by atoms with Crippen molar-refractivity contribution in [2.45, 2.75) is 32.4 Å². The average Bonchev–Trinajstić information content (AvgIpc) is 2.35. The number of hydrogen-bond donors (Lipinski definition) is 4. The van der Waals surface area contributed by atoms with Gasteiger partial charge in [-0.15, -0.1) is 0 Å². The van der Waals surface area contributed by atoms with Gasteiger partial charge < -0.3 is 21.9 Å². The third-order valence-electron chi connectivity index (χ3n) is 2.86. The summed E-state index contributed by atoms with van der Waals surface area (Å²) in [6.45, 7) is 3.91. The molecule has 0 unspecified atom stereocenters. The van der Waals surface area contributed by atoms with E-state index in [1.54, 1.807) is 0 Å². The van der Waals surface area contributed by atoms with Crippen LogP contribution in [0.25, 0.3) is 0 Å². The molecule has 0 aliphatic carbocycles. The summed E-state index contributed by atoms with van der Waals surface area (Å²) in [4.78, 5) is 23.4. The summed E-state index contributed by atoms with van der Waals surface area (Å²) < 4.78 is 0. The summed E-state index contributed by atoms with van der Waals surface area (Å²) in [5.74, 6) is -0.757. The molecule has 1 aromatic rings. The molecular weight excluding hydrogens is 258 g/mol. The van der Waals surface area contributed by atoms with E-state index >= 15 is 0 Å². The number of phenols is 1. The Kier molecular flexibility index (Phi) is 5.52. The van der Waals surface area contributed by atoms with Gasteiger partial charge in [0.05, 0.1) is 6.04 Å². The van der Waals surface area contributed by atoms with Gasteiger partial charge in [0.1, 0.15) is 11.8 Å². The molecule has 0 spiro atoms. The summed E-state index contributed by atoms with van der Waals surface area (Å²) in [6, 6.07) is 4.25. The highest BCUT2D eigenvalue weighted by atomic mass is 16.3. The van der Waals surface area contributed by atoms with Gasteiger partial charge in [-0.1, -0.05) is 26.0 Å². The molecule has 6 N–H and O–H groups in total. The summed E-state index contributed by atoms with van der Waals surface area (Å²) in [7, 11) is 0. The van der Waals surface area contributed by atoms with Crippen LogP contribution in [0.2, 0.25) is 0 Å². The lowest BCUT2D eigenvalue weighted by molar-refractivity contribution is -0.128. The smallest absolute Gasteiger partial charge is 0.244 e. The lowest BCUT2D eigenvalue weighted by atomic mass is 10.0. The van der Waals surface area contributed by atoms with Crippen LogP contribution in [0.4, 0.5) is 0 Å². The van der Waals surface area contributed by atoms with Gasteiger partial charge >= 0.3 is 0 Å². The predicted molar refractivity (Wildman–Crippen MR) is 75.6 cm³/mol. The molecule has 0 fully saturated rings. The first kappa shape index (κ1) is 16.0. The number of carbonyl (C=O) groups is 2. The Morgan fingerprint density at radius 2 is 1.80 bits per heavy atom. The van der Waals surface area contributed by atoms with Crippen molar-refractivity contribution in [2.24, 2.45) is 17.4 Å². The molecule has 20 heavy (non-hydrogen) atoms. The second kappa shape index (κ2) is 6.91. The highest BCUT2D eigenvalue weighted by Gasteiger charge is 2.23. The number of benzene rings is 1. The van der Waals surface area contributed by atoms with Crippen molar-refractivity contribution in [1.29, 1.82) is 0 Å². The van der Waals surface area contributed by atoms with Gasteiger partial charge in [0.15, 0.2) is 0 Å².